The molecule has 0 radical (unpaired) electrons. The van der Waals surface area contributed by atoms with Crippen LogP contribution >= 0.6 is 0 Å². The van der Waals surface area contributed by atoms with E-state index in [2.05, 4.69) is 200 Å². The van der Waals surface area contributed by atoms with E-state index in [9.17, 15) is 0 Å². The molecule has 8 aromatic carbocycles. The summed E-state index contributed by atoms with van der Waals surface area (Å²) < 4.78 is 6.68. The van der Waals surface area contributed by atoms with Gasteiger partial charge in [0.1, 0.15) is 19.6 Å². The minimum atomic E-state index is -1.81. The van der Waals surface area contributed by atoms with Crippen molar-refractivity contribution in [2.45, 2.75) is 18.5 Å². The van der Waals surface area contributed by atoms with Crippen LogP contribution in [0, 0.1) is 0 Å². The highest BCUT2D eigenvalue weighted by molar-refractivity contribution is 7.03. The number of hydrogen-bond donors (Lipinski definition) is 1. The van der Waals surface area contributed by atoms with Crippen LogP contribution in [0.15, 0.2) is 182 Å². The number of nitrogens with one attached hydrogen (secondary N) is 1. The van der Waals surface area contributed by atoms with Crippen LogP contribution in [-0.2, 0) is 5.41 Å². The first-order valence-electron chi connectivity index (χ1n) is 18.8. The molecule has 0 aromatic heterocycles. The fourth-order valence-electron chi connectivity index (χ4n) is 9.61. The Bertz CT molecular complexity index is 2770. The predicted octanol–water partition coefficient (Wildman–Crippen LogP) is 12.0. The Morgan fingerprint density at radius 3 is 1.69 bits per heavy atom. The number of para-hydroxylation sites is 2. The Kier molecular flexibility index (Phi) is 6.65. The van der Waals surface area contributed by atoms with Crippen LogP contribution < -0.4 is 20.4 Å². The Labute approximate surface area is 317 Å². The highest BCUT2D eigenvalue weighted by atomic mass is 28.3. The van der Waals surface area contributed by atoms with Crippen molar-refractivity contribution in [3.8, 4) is 56.0 Å². The lowest BCUT2D eigenvalue weighted by molar-refractivity contribution is 0.436. The molecule has 1 spiro atoms. The van der Waals surface area contributed by atoms with E-state index in [0.717, 1.165) is 22.9 Å². The van der Waals surface area contributed by atoms with Gasteiger partial charge in [0.25, 0.3) is 0 Å². The second-order valence-electron chi connectivity index (χ2n) is 15.4. The van der Waals surface area contributed by atoms with Crippen molar-refractivity contribution in [1.29, 1.82) is 0 Å². The average molecular weight is 708 g/mol. The number of anilines is 2. The monoisotopic (exact) mass is 707 g/mol. The van der Waals surface area contributed by atoms with E-state index in [1.807, 2.05) is 0 Å². The van der Waals surface area contributed by atoms with Crippen LogP contribution in [0.25, 0.3) is 44.5 Å². The molecule has 2 heterocycles. The Hall–Kier alpha value is -6.42. The van der Waals surface area contributed by atoms with Crippen LogP contribution in [0.1, 0.15) is 22.3 Å². The highest BCUT2D eigenvalue weighted by Gasteiger charge is 2.51. The minimum Gasteiger partial charge on any atom is -0.457 e. The summed E-state index contributed by atoms with van der Waals surface area (Å²) >= 11 is 0. The molecule has 3 heteroatoms. The first-order chi connectivity index (χ1) is 26.5. The number of hydrogen-bond acceptors (Lipinski definition) is 2. The van der Waals surface area contributed by atoms with E-state index in [4.69, 9.17) is 4.74 Å². The molecule has 11 rings (SSSR count). The first kappa shape index (κ1) is 31.1. The van der Waals surface area contributed by atoms with Gasteiger partial charge < -0.3 is 10.1 Å². The van der Waals surface area contributed by atoms with E-state index in [1.54, 1.807) is 0 Å². The van der Waals surface area contributed by atoms with Gasteiger partial charge >= 0.3 is 0 Å². The molecule has 0 fully saturated rings. The Morgan fingerprint density at radius 1 is 0.389 bits per heavy atom. The maximum Gasteiger partial charge on any atom is 0.132 e. The molecule has 2 aliphatic heterocycles. The molecular formula is C51H37NOSi. The van der Waals surface area contributed by atoms with Crippen molar-refractivity contribution in [2.75, 3.05) is 5.32 Å². The van der Waals surface area contributed by atoms with Crippen LogP contribution in [-0.4, -0.2) is 8.07 Å². The normalized spacial score (nSPS) is 14.6. The van der Waals surface area contributed by atoms with Crippen LogP contribution in [0.3, 0.4) is 0 Å². The zero-order valence-electron chi connectivity index (χ0n) is 30.2. The second kappa shape index (κ2) is 11.5. The number of rotatable bonds is 4. The van der Waals surface area contributed by atoms with E-state index in [0.29, 0.717) is 0 Å². The van der Waals surface area contributed by atoms with Crippen LogP contribution in [0.4, 0.5) is 11.4 Å². The molecule has 0 amide bonds. The quantitative estimate of drug-likeness (QED) is 0.184. The van der Waals surface area contributed by atoms with Crippen molar-refractivity contribution < 1.29 is 4.74 Å². The topological polar surface area (TPSA) is 21.3 Å². The molecule has 1 N–H and O–H groups in total. The van der Waals surface area contributed by atoms with Gasteiger partial charge in [-0.3, -0.25) is 0 Å². The van der Waals surface area contributed by atoms with Crippen molar-refractivity contribution >= 4 is 29.8 Å². The summed E-state index contributed by atoms with van der Waals surface area (Å²) in [7, 11) is -1.81. The number of fused-ring (bicyclic) bond motifs is 12. The molecule has 0 unspecified atom stereocenters. The van der Waals surface area contributed by atoms with Crippen LogP contribution in [0.5, 0.6) is 11.5 Å². The standard InChI is InChI=1S/C51H37NOSi/c1-54(2)49-22-11-6-17-41(49)42-28-25-38(32-50(42)54)52-37-24-27-40-39-26-23-36(35-16-12-15-34(29-35)33-13-4-3-5-14-33)30-45(39)51(46(40)31-37)43-18-7-9-20-47(43)53-48-21-10-8-19-44(48)51/h3-32,52H,1-2H3. The summed E-state index contributed by atoms with van der Waals surface area (Å²) in [5, 5.41) is 6.90. The van der Waals surface area contributed by atoms with Crippen molar-refractivity contribution in [2.24, 2.45) is 0 Å². The molecule has 3 aliphatic rings. The van der Waals surface area contributed by atoms with Gasteiger partial charge in [0.2, 0.25) is 0 Å². The molecule has 256 valence electrons. The molecule has 0 bridgehead atoms. The summed E-state index contributed by atoms with van der Waals surface area (Å²) in [6.07, 6.45) is 0. The van der Waals surface area contributed by atoms with Gasteiger partial charge in [0, 0.05) is 22.5 Å². The van der Waals surface area contributed by atoms with Gasteiger partial charge in [-0.1, -0.05) is 147 Å². The third kappa shape index (κ3) is 4.39. The van der Waals surface area contributed by atoms with Gasteiger partial charge in [0.15, 0.2) is 0 Å². The molecule has 0 atom stereocenters. The third-order valence-corrected chi connectivity index (χ3v) is 15.7. The number of benzene rings is 8. The van der Waals surface area contributed by atoms with Gasteiger partial charge in [-0.15, -0.1) is 0 Å². The molecule has 0 saturated heterocycles. The van der Waals surface area contributed by atoms with E-state index in [1.165, 1.54) is 77.1 Å². The molecule has 8 aromatic rings. The van der Waals surface area contributed by atoms with Gasteiger partial charge in [-0.2, -0.15) is 0 Å². The molecule has 2 nitrogen and oxygen atoms in total. The lowest BCUT2D eigenvalue weighted by Crippen LogP contribution is -2.49. The number of ether oxygens (including phenoxy) is 1. The Balaban J connectivity index is 1.09. The summed E-state index contributed by atoms with van der Waals surface area (Å²) in [6.45, 7) is 4.95. The van der Waals surface area contributed by atoms with Gasteiger partial charge in [-0.25, -0.2) is 0 Å². The first-order valence-corrected chi connectivity index (χ1v) is 21.8. The van der Waals surface area contributed by atoms with Gasteiger partial charge in [-0.05, 0) is 115 Å². The van der Waals surface area contributed by atoms with E-state index in [-0.39, 0.29) is 0 Å². The third-order valence-electron chi connectivity index (χ3n) is 12.1. The molecule has 0 saturated carbocycles. The van der Waals surface area contributed by atoms with Crippen molar-refractivity contribution in [1.82, 2.24) is 0 Å². The summed E-state index contributed by atoms with van der Waals surface area (Å²) in [6, 6.07) is 66.8. The zero-order valence-corrected chi connectivity index (χ0v) is 31.2. The summed E-state index contributed by atoms with van der Waals surface area (Å²) in [5.41, 5.74) is 16.6. The predicted molar refractivity (Wildman–Crippen MR) is 227 cm³/mol. The average Bonchev–Trinajstić information content (AvgIpc) is 3.63. The maximum absolute atomic E-state index is 6.68. The minimum absolute atomic E-state index is 0.574. The fourth-order valence-corrected chi connectivity index (χ4v) is 12.7. The van der Waals surface area contributed by atoms with Crippen molar-refractivity contribution in [3.05, 3.63) is 204 Å². The smallest absolute Gasteiger partial charge is 0.132 e. The summed E-state index contributed by atoms with van der Waals surface area (Å²) in [5.74, 6) is 1.80. The molecule has 54 heavy (non-hydrogen) atoms. The molecule has 1 aliphatic carbocycles. The van der Waals surface area contributed by atoms with E-state index < -0.39 is 13.5 Å². The second-order valence-corrected chi connectivity index (χ2v) is 19.7. The zero-order chi connectivity index (χ0) is 36.0. The fraction of sp³-hybridized carbons (Fsp3) is 0.0588. The SMILES string of the molecule is C[Si]1(C)c2ccccc2-c2ccc(Nc3ccc4c(c3)C3(c5ccccc5Oc5ccccc53)c3cc(-c5cccc(-c6ccccc6)c5)ccc3-4)cc21. The van der Waals surface area contributed by atoms with Crippen molar-refractivity contribution in [3.63, 3.8) is 0 Å². The summed E-state index contributed by atoms with van der Waals surface area (Å²) in [4.78, 5) is 0. The van der Waals surface area contributed by atoms with Gasteiger partial charge in [0.05, 0.1) is 5.41 Å². The van der Waals surface area contributed by atoms with Crippen LogP contribution in [0.2, 0.25) is 13.1 Å². The lowest BCUT2D eigenvalue weighted by atomic mass is 9.66. The Morgan fingerprint density at radius 2 is 0.926 bits per heavy atom. The maximum atomic E-state index is 6.68. The van der Waals surface area contributed by atoms with E-state index >= 15 is 0 Å². The largest absolute Gasteiger partial charge is 0.457 e. The lowest BCUT2D eigenvalue weighted by Gasteiger charge is -2.39. The highest BCUT2D eigenvalue weighted by Crippen LogP contribution is 2.62. The molecular weight excluding hydrogens is 671 g/mol.